The first-order chi connectivity index (χ1) is 18.3. The molecule has 1 aromatic heterocycles. The van der Waals surface area contributed by atoms with Crippen molar-refractivity contribution in [3.05, 3.63) is 120 Å². The van der Waals surface area contributed by atoms with Gasteiger partial charge in [0.15, 0.2) is 9.84 Å². The standard InChI is InChI=1S/C30H26N2O5S/c1-32-18-28(24-8-5-9-25(17-24)37-19-21-6-3-2-4-7-21)27-16-22(10-15-29(27)32)20-38(35,36)26-13-11-23(12-14-26)30(33)31-34/h2-18,34H,19-20H2,1H3,(H,31,33). The van der Waals surface area contributed by atoms with Crippen molar-refractivity contribution in [1.82, 2.24) is 10.0 Å². The van der Waals surface area contributed by atoms with E-state index in [1.54, 1.807) is 0 Å². The predicted molar refractivity (Wildman–Crippen MR) is 146 cm³/mol. The molecule has 0 aliphatic rings. The number of nitrogens with zero attached hydrogens (tertiary/aromatic N) is 1. The van der Waals surface area contributed by atoms with Gasteiger partial charge in [-0.05, 0) is 65.2 Å². The molecule has 0 fully saturated rings. The van der Waals surface area contributed by atoms with Crippen molar-refractivity contribution in [1.29, 1.82) is 0 Å². The van der Waals surface area contributed by atoms with Crippen molar-refractivity contribution in [3.63, 3.8) is 0 Å². The molecule has 0 spiro atoms. The molecule has 7 nitrogen and oxygen atoms in total. The number of sulfone groups is 1. The second-order valence-corrected chi connectivity index (χ2v) is 11.0. The molecule has 0 radical (unpaired) electrons. The van der Waals surface area contributed by atoms with Crippen LogP contribution in [0.25, 0.3) is 22.0 Å². The summed E-state index contributed by atoms with van der Waals surface area (Å²) >= 11 is 0. The summed E-state index contributed by atoms with van der Waals surface area (Å²) in [7, 11) is -1.70. The normalized spacial score (nSPS) is 11.4. The summed E-state index contributed by atoms with van der Waals surface area (Å²) in [5.74, 6) is -0.144. The Morgan fingerprint density at radius 3 is 2.39 bits per heavy atom. The largest absolute Gasteiger partial charge is 0.489 e. The van der Waals surface area contributed by atoms with Gasteiger partial charge in [0, 0.05) is 35.3 Å². The van der Waals surface area contributed by atoms with Gasteiger partial charge in [-0.15, -0.1) is 0 Å². The van der Waals surface area contributed by atoms with Crippen LogP contribution in [0.3, 0.4) is 0 Å². The van der Waals surface area contributed by atoms with Crippen molar-refractivity contribution < 1.29 is 23.2 Å². The highest BCUT2D eigenvalue weighted by Crippen LogP contribution is 2.33. The first kappa shape index (κ1) is 25.3. The number of ether oxygens (including phenoxy) is 1. The summed E-state index contributed by atoms with van der Waals surface area (Å²) in [6.45, 7) is 0.466. The second-order valence-electron chi connectivity index (χ2n) is 9.03. The van der Waals surface area contributed by atoms with E-state index in [0.717, 1.165) is 33.3 Å². The van der Waals surface area contributed by atoms with Crippen LogP contribution in [-0.4, -0.2) is 24.1 Å². The topological polar surface area (TPSA) is 97.6 Å². The summed E-state index contributed by atoms with van der Waals surface area (Å²) in [6.07, 6.45) is 2.03. The van der Waals surface area contributed by atoms with Gasteiger partial charge in [0.1, 0.15) is 12.4 Å². The van der Waals surface area contributed by atoms with Crippen LogP contribution in [0.4, 0.5) is 0 Å². The van der Waals surface area contributed by atoms with Crippen LogP contribution in [0.1, 0.15) is 21.5 Å². The van der Waals surface area contributed by atoms with Gasteiger partial charge >= 0.3 is 0 Å². The zero-order valence-electron chi connectivity index (χ0n) is 20.7. The van der Waals surface area contributed by atoms with Crippen LogP contribution in [-0.2, 0) is 29.2 Å². The Bertz CT molecular complexity index is 1710. The number of nitrogens with one attached hydrogen (secondary N) is 1. The summed E-state index contributed by atoms with van der Waals surface area (Å²) in [5, 5.41) is 9.71. The van der Waals surface area contributed by atoms with Gasteiger partial charge in [0.25, 0.3) is 5.91 Å². The zero-order chi connectivity index (χ0) is 26.7. The maximum atomic E-state index is 13.1. The Hall–Kier alpha value is -4.40. The molecule has 1 heterocycles. The Morgan fingerprint density at radius 1 is 0.895 bits per heavy atom. The van der Waals surface area contributed by atoms with Crippen LogP contribution in [0.2, 0.25) is 0 Å². The Morgan fingerprint density at radius 2 is 1.66 bits per heavy atom. The average Bonchev–Trinajstić information content (AvgIpc) is 3.27. The molecule has 8 heteroatoms. The predicted octanol–water partition coefficient (Wildman–Crippen LogP) is 5.52. The molecule has 38 heavy (non-hydrogen) atoms. The van der Waals surface area contributed by atoms with Crippen LogP contribution < -0.4 is 10.2 Å². The van der Waals surface area contributed by atoms with Gasteiger partial charge in [-0.25, -0.2) is 13.9 Å². The molecule has 0 saturated heterocycles. The van der Waals surface area contributed by atoms with Gasteiger partial charge in [-0.3, -0.25) is 10.0 Å². The third-order valence-corrected chi connectivity index (χ3v) is 8.08. The summed E-state index contributed by atoms with van der Waals surface area (Å²) in [4.78, 5) is 11.6. The summed E-state index contributed by atoms with van der Waals surface area (Å²) in [5.41, 5.74) is 6.37. The summed E-state index contributed by atoms with van der Waals surface area (Å²) in [6, 6.07) is 29.0. The van der Waals surface area contributed by atoms with Crippen molar-refractivity contribution in [2.45, 2.75) is 17.3 Å². The van der Waals surface area contributed by atoms with Crippen molar-refractivity contribution in [2.24, 2.45) is 7.05 Å². The van der Waals surface area contributed by atoms with Crippen LogP contribution in [0.15, 0.2) is 108 Å². The van der Waals surface area contributed by atoms with Gasteiger partial charge in [0.2, 0.25) is 0 Å². The maximum absolute atomic E-state index is 13.1. The number of aryl methyl sites for hydroxylation is 1. The van der Waals surface area contributed by atoms with Gasteiger partial charge in [-0.1, -0.05) is 48.5 Å². The first-order valence-corrected chi connectivity index (χ1v) is 13.6. The highest BCUT2D eigenvalue weighted by Gasteiger charge is 2.18. The lowest BCUT2D eigenvalue weighted by atomic mass is 10.0. The number of fused-ring (bicyclic) bond motifs is 1. The van der Waals surface area contributed by atoms with E-state index < -0.39 is 15.7 Å². The second kappa shape index (κ2) is 10.5. The van der Waals surface area contributed by atoms with E-state index in [1.165, 1.54) is 29.7 Å². The smallest absolute Gasteiger partial charge is 0.274 e. The van der Waals surface area contributed by atoms with Gasteiger partial charge < -0.3 is 9.30 Å². The number of hydrogen-bond donors (Lipinski definition) is 2. The molecule has 0 saturated carbocycles. The lowest BCUT2D eigenvalue weighted by Gasteiger charge is -2.09. The highest BCUT2D eigenvalue weighted by atomic mass is 32.2. The maximum Gasteiger partial charge on any atom is 0.274 e. The molecule has 5 aromatic rings. The SMILES string of the molecule is Cn1cc(-c2cccc(OCc3ccccc3)c2)c2cc(CS(=O)(=O)c3ccc(C(=O)NO)cc3)ccc21. The third-order valence-electron chi connectivity index (χ3n) is 6.38. The van der Waals surface area contributed by atoms with Crippen LogP contribution in [0, 0.1) is 0 Å². The summed E-state index contributed by atoms with van der Waals surface area (Å²) < 4.78 is 34.3. The number of rotatable bonds is 8. The lowest BCUT2D eigenvalue weighted by Crippen LogP contribution is -2.18. The molecule has 1 amide bonds. The quantitative estimate of drug-likeness (QED) is 0.205. The van der Waals surface area contributed by atoms with Crippen LogP contribution >= 0.6 is 0 Å². The van der Waals surface area contributed by atoms with Crippen molar-refractivity contribution >= 4 is 26.6 Å². The van der Waals surface area contributed by atoms with Crippen LogP contribution in [0.5, 0.6) is 5.75 Å². The lowest BCUT2D eigenvalue weighted by molar-refractivity contribution is 0.0706. The molecule has 0 bridgehead atoms. The van der Waals surface area contributed by atoms with Gasteiger partial charge in [-0.2, -0.15) is 0 Å². The Balaban J connectivity index is 1.42. The van der Waals surface area contributed by atoms with E-state index in [4.69, 9.17) is 9.94 Å². The minimum atomic E-state index is -3.66. The highest BCUT2D eigenvalue weighted by molar-refractivity contribution is 7.90. The molecule has 192 valence electrons. The number of hydrogen-bond acceptors (Lipinski definition) is 5. The third kappa shape index (κ3) is 5.32. The number of carbonyl (C=O) groups excluding carboxylic acids is 1. The van der Waals surface area contributed by atoms with E-state index in [2.05, 4.69) is 0 Å². The number of aromatic nitrogens is 1. The molecule has 0 aliphatic carbocycles. The average molecular weight is 527 g/mol. The Kier molecular flexibility index (Phi) is 7.00. The molecule has 5 rings (SSSR count). The molecule has 4 aromatic carbocycles. The molecule has 2 N–H and O–H groups in total. The molecular formula is C30H26N2O5S. The fourth-order valence-electron chi connectivity index (χ4n) is 4.43. The number of hydroxylamine groups is 1. The minimum absolute atomic E-state index is 0.101. The number of benzene rings is 4. The van der Waals surface area contributed by atoms with E-state index in [1.807, 2.05) is 90.6 Å². The zero-order valence-corrected chi connectivity index (χ0v) is 21.5. The minimum Gasteiger partial charge on any atom is -0.489 e. The van der Waals surface area contributed by atoms with Crippen molar-refractivity contribution in [2.75, 3.05) is 0 Å². The first-order valence-electron chi connectivity index (χ1n) is 12.0. The Labute approximate surface area is 220 Å². The van der Waals surface area contributed by atoms with E-state index in [0.29, 0.717) is 12.2 Å². The number of amides is 1. The molecule has 0 atom stereocenters. The van der Waals surface area contributed by atoms with E-state index in [9.17, 15) is 13.2 Å². The van der Waals surface area contributed by atoms with Crippen molar-refractivity contribution in [3.8, 4) is 16.9 Å². The monoisotopic (exact) mass is 526 g/mol. The molecule has 0 unspecified atom stereocenters. The fraction of sp³-hybridized carbons (Fsp3) is 0.100. The fourth-order valence-corrected chi connectivity index (χ4v) is 5.77. The van der Waals surface area contributed by atoms with E-state index in [-0.39, 0.29) is 16.2 Å². The van der Waals surface area contributed by atoms with E-state index >= 15 is 0 Å². The molecular weight excluding hydrogens is 500 g/mol. The van der Waals surface area contributed by atoms with Gasteiger partial charge in [0.05, 0.1) is 10.6 Å². The molecule has 0 aliphatic heterocycles. The number of carbonyl (C=O) groups is 1.